The van der Waals surface area contributed by atoms with E-state index in [0.717, 1.165) is 23.5 Å². The number of carbonyl (C=O) groups excluding carboxylic acids is 1. The summed E-state index contributed by atoms with van der Waals surface area (Å²) in [5.41, 5.74) is 4.03. The summed E-state index contributed by atoms with van der Waals surface area (Å²) in [4.78, 5) is 16.6. The van der Waals surface area contributed by atoms with Crippen molar-refractivity contribution in [2.45, 2.75) is 13.8 Å². The first-order valence-corrected chi connectivity index (χ1v) is 7.61. The van der Waals surface area contributed by atoms with Gasteiger partial charge < -0.3 is 14.5 Å². The Balaban J connectivity index is 1.86. The number of carbonyl (C=O) groups is 1. The van der Waals surface area contributed by atoms with Gasteiger partial charge in [0.25, 0.3) is 5.91 Å². The fourth-order valence-electron chi connectivity index (χ4n) is 2.76. The molecule has 5 heteroatoms. The first-order chi connectivity index (χ1) is 10.7. The van der Waals surface area contributed by atoms with Crippen LogP contribution in [-0.4, -0.2) is 42.3 Å². The van der Waals surface area contributed by atoms with Gasteiger partial charge in [-0.2, -0.15) is 0 Å². The quantitative estimate of drug-likeness (QED) is 0.861. The number of hydrogen-bond donors (Lipinski definition) is 1. The maximum Gasteiger partial charge on any atom is 0.252 e. The van der Waals surface area contributed by atoms with Crippen LogP contribution < -0.4 is 5.32 Å². The zero-order chi connectivity index (χ0) is 15.5. The number of rotatable bonds is 2. The Kier molecular flexibility index (Phi) is 4.36. The van der Waals surface area contributed by atoms with E-state index in [4.69, 9.17) is 4.74 Å². The average molecular weight is 299 g/mol. The molecule has 1 fully saturated rings. The van der Waals surface area contributed by atoms with Crippen molar-refractivity contribution in [3.63, 3.8) is 0 Å². The number of ether oxygens (including phenoxy) is 1. The molecule has 116 valence electrons. The smallest absolute Gasteiger partial charge is 0.252 e. The Morgan fingerprint density at radius 1 is 1.41 bits per heavy atom. The maximum absolute atomic E-state index is 12.3. The zero-order valence-corrected chi connectivity index (χ0v) is 13.0. The van der Waals surface area contributed by atoms with Gasteiger partial charge in [0.15, 0.2) is 0 Å². The number of aryl methyl sites for hydroxylation is 1. The van der Waals surface area contributed by atoms with Crippen LogP contribution in [-0.2, 0) is 9.53 Å². The number of aromatic nitrogens is 1. The Bertz CT molecular complexity index is 710. The maximum atomic E-state index is 12.3. The number of nitrogens with one attached hydrogen (secondary N) is 1. The SMILES string of the molecule is C/C(=N\C(=O)C1CNCCOC1)c1ccc2c(C)cccn12. The lowest BCUT2D eigenvalue weighted by atomic mass is 10.1. The molecule has 1 saturated heterocycles. The van der Waals surface area contributed by atoms with E-state index in [0.29, 0.717) is 19.8 Å². The monoisotopic (exact) mass is 299 g/mol. The molecule has 0 radical (unpaired) electrons. The normalized spacial score (nSPS) is 20.1. The molecule has 1 unspecified atom stereocenters. The third kappa shape index (κ3) is 2.96. The van der Waals surface area contributed by atoms with Gasteiger partial charge in [-0.3, -0.25) is 4.79 Å². The van der Waals surface area contributed by atoms with Crippen molar-refractivity contribution in [2.24, 2.45) is 10.9 Å². The van der Waals surface area contributed by atoms with E-state index < -0.39 is 0 Å². The predicted molar refractivity (Wildman–Crippen MR) is 86.5 cm³/mol. The summed E-state index contributed by atoms with van der Waals surface area (Å²) in [6.45, 7) is 6.46. The van der Waals surface area contributed by atoms with Crippen LogP contribution in [0.1, 0.15) is 18.2 Å². The number of pyridine rings is 1. The van der Waals surface area contributed by atoms with Gasteiger partial charge in [0.05, 0.1) is 30.5 Å². The Labute approximate surface area is 130 Å². The molecule has 1 amide bonds. The number of nitrogens with zero attached hydrogens (tertiary/aromatic N) is 2. The molecule has 0 aliphatic carbocycles. The summed E-state index contributed by atoms with van der Waals surface area (Å²) in [6.07, 6.45) is 2.00. The van der Waals surface area contributed by atoms with E-state index in [1.807, 2.05) is 25.3 Å². The first kappa shape index (κ1) is 14.9. The van der Waals surface area contributed by atoms with Crippen molar-refractivity contribution in [1.29, 1.82) is 0 Å². The van der Waals surface area contributed by atoms with E-state index in [1.54, 1.807) is 0 Å². The highest BCUT2D eigenvalue weighted by Gasteiger charge is 2.20. The number of aliphatic imine (C=N–C) groups is 1. The molecular formula is C17H21N3O2. The van der Waals surface area contributed by atoms with Crippen LogP contribution in [0.3, 0.4) is 0 Å². The molecule has 22 heavy (non-hydrogen) atoms. The lowest BCUT2D eigenvalue weighted by molar-refractivity contribution is -0.122. The summed E-state index contributed by atoms with van der Waals surface area (Å²) in [5, 5.41) is 3.20. The molecule has 2 aromatic rings. The van der Waals surface area contributed by atoms with E-state index in [-0.39, 0.29) is 11.8 Å². The van der Waals surface area contributed by atoms with Crippen LogP contribution in [0.4, 0.5) is 0 Å². The number of hydrogen-bond acceptors (Lipinski definition) is 3. The Hall–Kier alpha value is -1.98. The molecule has 0 spiro atoms. The molecule has 1 aliphatic rings. The molecule has 3 heterocycles. The lowest BCUT2D eigenvalue weighted by Crippen LogP contribution is -2.28. The summed E-state index contributed by atoms with van der Waals surface area (Å²) in [5.74, 6) is -0.320. The summed E-state index contributed by atoms with van der Waals surface area (Å²) in [6, 6.07) is 8.15. The van der Waals surface area contributed by atoms with Crippen molar-refractivity contribution in [1.82, 2.24) is 9.72 Å². The highest BCUT2D eigenvalue weighted by molar-refractivity contribution is 6.05. The largest absolute Gasteiger partial charge is 0.379 e. The van der Waals surface area contributed by atoms with Gasteiger partial charge in [-0.25, -0.2) is 4.99 Å². The predicted octanol–water partition coefficient (Wildman–Crippen LogP) is 1.82. The van der Waals surface area contributed by atoms with Crippen LogP contribution in [0.5, 0.6) is 0 Å². The van der Waals surface area contributed by atoms with Crippen LogP contribution in [0, 0.1) is 12.8 Å². The molecule has 1 aliphatic heterocycles. The fourth-order valence-corrected chi connectivity index (χ4v) is 2.76. The summed E-state index contributed by atoms with van der Waals surface area (Å²) >= 11 is 0. The van der Waals surface area contributed by atoms with Gasteiger partial charge in [-0.05, 0) is 37.6 Å². The zero-order valence-electron chi connectivity index (χ0n) is 13.0. The van der Waals surface area contributed by atoms with Crippen LogP contribution in [0.2, 0.25) is 0 Å². The molecule has 3 rings (SSSR count). The van der Waals surface area contributed by atoms with Gasteiger partial charge in [0.1, 0.15) is 0 Å². The van der Waals surface area contributed by atoms with Crippen molar-refractivity contribution in [3.8, 4) is 0 Å². The second-order valence-corrected chi connectivity index (χ2v) is 5.68. The third-order valence-corrected chi connectivity index (χ3v) is 4.03. The Morgan fingerprint density at radius 2 is 2.27 bits per heavy atom. The van der Waals surface area contributed by atoms with Crippen molar-refractivity contribution >= 4 is 17.1 Å². The van der Waals surface area contributed by atoms with Crippen molar-refractivity contribution in [3.05, 3.63) is 41.7 Å². The van der Waals surface area contributed by atoms with Gasteiger partial charge in [-0.15, -0.1) is 0 Å². The molecule has 5 nitrogen and oxygen atoms in total. The molecule has 2 aromatic heterocycles. The standard InChI is InChI=1S/C17H21N3O2/c1-12-4-3-8-20-15(12)5-6-16(20)13(2)19-17(21)14-10-18-7-9-22-11-14/h3-6,8,14,18H,7,9-11H2,1-2H3/b19-13+. The number of fused-ring (bicyclic) bond motifs is 1. The molecule has 1 N–H and O–H groups in total. The van der Waals surface area contributed by atoms with E-state index in [9.17, 15) is 4.79 Å². The van der Waals surface area contributed by atoms with Crippen molar-refractivity contribution in [2.75, 3.05) is 26.3 Å². The highest BCUT2D eigenvalue weighted by Crippen LogP contribution is 2.15. The van der Waals surface area contributed by atoms with Crippen LogP contribution >= 0.6 is 0 Å². The van der Waals surface area contributed by atoms with Gasteiger partial charge in [0.2, 0.25) is 0 Å². The minimum Gasteiger partial charge on any atom is -0.379 e. The third-order valence-electron chi connectivity index (χ3n) is 4.03. The lowest BCUT2D eigenvalue weighted by Gasteiger charge is -2.10. The average Bonchev–Trinajstić information content (AvgIpc) is 2.76. The fraction of sp³-hybridized carbons (Fsp3) is 0.412. The first-order valence-electron chi connectivity index (χ1n) is 7.61. The van der Waals surface area contributed by atoms with Crippen LogP contribution in [0.25, 0.3) is 5.52 Å². The van der Waals surface area contributed by atoms with E-state index >= 15 is 0 Å². The molecule has 0 bridgehead atoms. The van der Waals surface area contributed by atoms with E-state index in [1.165, 1.54) is 5.56 Å². The van der Waals surface area contributed by atoms with Gasteiger partial charge in [0, 0.05) is 24.8 Å². The summed E-state index contributed by atoms with van der Waals surface area (Å²) in [7, 11) is 0. The molecule has 0 aromatic carbocycles. The Morgan fingerprint density at radius 3 is 3.14 bits per heavy atom. The highest BCUT2D eigenvalue weighted by atomic mass is 16.5. The number of amides is 1. The van der Waals surface area contributed by atoms with Gasteiger partial charge in [-0.1, -0.05) is 6.07 Å². The second-order valence-electron chi connectivity index (χ2n) is 5.68. The van der Waals surface area contributed by atoms with Gasteiger partial charge >= 0.3 is 0 Å². The van der Waals surface area contributed by atoms with E-state index in [2.05, 4.69) is 33.8 Å². The van der Waals surface area contributed by atoms with Crippen molar-refractivity contribution < 1.29 is 9.53 Å². The summed E-state index contributed by atoms with van der Waals surface area (Å²) < 4.78 is 7.50. The molecule has 0 saturated carbocycles. The molecule has 1 atom stereocenters. The minimum atomic E-state index is -0.203. The molecular weight excluding hydrogens is 278 g/mol. The minimum absolute atomic E-state index is 0.116. The van der Waals surface area contributed by atoms with Crippen LogP contribution in [0.15, 0.2) is 35.5 Å². The second kappa shape index (κ2) is 6.42. The topological polar surface area (TPSA) is 55.1 Å².